The van der Waals surface area contributed by atoms with Crippen molar-refractivity contribution in [2.45, 2.75) is 44.8 Å². The van der Waals surface area contributed by atoms with Crippen LogP contribution in [0.25, 0.3) is 10.9 Å². The van der Waals surface area contributed by atoms with Gasteiger partial charge in [-0.2, -0.15) is 0 Å². The van der Waals surface area contributed by atoms with E-state index in [1.165, 1.54) is 42.2 Å². The van der Waals surface area contributed by atoms with E-state index in [4.69, 9.17) is 4.74 Å². The normalized spacial score (nSPS) is 22.8. The summed E-state index contributed by atoms with van der Waals surface area (Å²) in [6.07, 6.45) is 7.14. The first-order valence-corrected chi connectivity index (χ1v) is 11.6. The molecule has 1 aromatic heterocycles. The molecule has 0 spiro atoms. The Morgan fingerprint density at radius 3 is 2.85 bits per heavy atom. The van der Waals surface area contributed by atoms with Crippen LogP contribution in [0.5, 0.6) is 5.75 Å². The van der Waals surface area contributed by atoms with Crippen molar-refractivity contribution in [2.24, 2.45) is 0 Å². The van der Waals surface area contributed by atoms with E-state index < -0.39 is 10.8 Å². The zero-order valence-electron chi connectivity index (χ0n) is 15.7. The summed E-state index contributed by atoms with van der Waals surface area (Å²) >= 11 is 0. The lowest BCUT2D eigenvalue weighted by molar-refractivity contribution is 0.0589. The van der Waals surface area contributed by atoms with Crippen molar-refractivity contribution in [1.82, 2.24) is 14.8 Å². The quantitative estimate of drug-likeness (QED) is 0.813. The van der Waals surface area contributed by atoms with Gasteiger partial charge in [0.1, 0.15) is 12.2 Å². The number of rotatable bonds is 3. The molecule has 1 saturated carbocycles. The maximum Gasteiger partial charge on any atom is 0.152 e. The van der Waals surface area contributed by atoms with Crippen LogP contribution in [0, 0.1) is 0 Å². The van der Waals surface area contributed by atoms with Crippen molar-refractivity contribution in [1.29, 1.82) is 0 Å². The molecule has 6 heteroatoms. The molecule has 0 unspecified atom stereocenters. The average Bonchev–Trinajstić information content (AvgIpc) is 3.24. The molecule has 3 aliphatic rings. The standard InChI is InChI=1S/C21H27N3O2S/c25-27-10-8-23(9-11-27)13-16-12-17-14-24(18-4-1-2-5-18)15-26-21(17)20-19(16)6-3-7-22-20/h3,6-7,12,18H,1-2,4-5,8-11,13-15H2. The fourth-order valence-electron chi connectivity index (χ4n) is 4.75. The van der Waals surface area contributed by atoms with Crippen LogP contribution in [-0.4, -0.2) is 56.4 Å². The highest BCUT2D eigenvalue weighted by molar-refractivity contribution is 7.85. The molecule has 3 heterocycles. The van der Waals surface area contributed by atoms with E-state index in [1.54, 1.807) is 0 Å². The van der Waals surface area contributed by atoms with E-state index in [1.807, 2.05) is 12.3 Å². The average molecular weight is 386 g/mol. The molecule has 0 bridgehead atoms. The highest BCUT2D eigenvalue weighted by atomic mass is 32.2. The van der Waals surface area contributed by atoms with E-state index >= 15 is 0 Å². The van der Waals surface area contributed by atoms with Crippen molar-refractivity contribution < 1.29 is 8.95 Å². The minimum atomic E-state index is -0.635. The van der Waals surface area contributed by atoms with Gasteiger partial charge in [-0.1, -0.05) is 18.9 Å². The zero-order valence-corrected chi connectivity index (χ0v) is 16.5. The molecule has 5 rings (SSSR count). The fraction of sp³-hybridized carbons (Fsp3) is 0.571. The Balaban J connectivity index is 1.47. The molecule has 1 aromatic carbocycles. The van der Waals surface area contributed by atoms with Gasteiger partial charge in [0.05, 0.1) is 0 Å². The SMILES string of the molecule is O=S1CCN(Cc2cc3c(c4ncccc24)OCN(C2CCCC2)C3)CC1. The fourth-order valence-corrected chi connectivity index (χ4v) is 5.88. The summed E-state index contributed by atoms with van der Waals surface area (Å²) in [5.74, 6) is 2.56. The van der Waals surface area contributed by atoms with Crippen LogP contribution in [-0.2, 0) is 23.9 Å². The second-order valence-electron chi connectivity index (χ2n) is 8.01. The Kier molecular flexibility index (Phi) is 4.88. The van der Waals surface area contributed by atoms with E-state index in [0.29, 0.717) is 12.8 Å². The number of aromatic nitrogens is 1. The van der Waals surface area contributed by atoms with E-state index in [9.17, 15) is 4.21 Å². The highest BCUT2D eigenvalue weighted by Gasteiger charge is 2.29. The van der Waals surface area contributed by atoms with Gasteiger partial charge in [-0.05, 0) is 30.5 Å². The lowest BCUT2D eigenvalue weighted by atomic mass is 10.0. The predicted octanol–water partition coefficient (Wildman–Crippen LogP) is 2.89. The number of pyridine rings is 1. The first-order chi connectivity index (χ1) is 13.3. The summed E-state index contributed by atoms with van der Waals surface area (Å²) in [5.41, 5.74) is 3.59. The molecule has 2 aliphatic heterocycles. The Bertz CT molecular complexity index is 856. The monoisotopic (exact) mass is 385 g/mol. The molecule has 0 amide bonds. The maximum absolute atomic E-state index is 11.7. The Morgan fingerprint density at radius 2 is 2.04 bits per heavy atom. The first kappa shape index (κ1) is 17.6. The second kappa shape index (κ2) is 7.49. The smallest absolute Gasteiger partial charge is 0.152 e. The molecule has 27 heavy (non-hydrogen) atoms. The molecule has 2 fully saturated rings. The minimum Gasteiger partial charge on any atom is -0.475 e. The zero-order chi connectivity index (χ0) is 18.2. The van der Waals surface area contributed by atoms with Gasteiger partial charge in [0.15, 0.2) is 5.75 Å². The van der Waals surface area contributed by atoms with Gasteiger partial charge in [0.25, 0.3) is 0 Å². The summed E-state index contributed by atoms with van der Waals surface area (Å²) in [4.78, 5) is 9.59. The van der Waals surface area contributed by atoms with Crippen LogP contribution in [0.4, 0.5) is 0 Å². The molecule has 1 saturated heterocycles. The number of nitrogens with zero attached hydrogens (tertiary/aromatic N) is 3. The summed E-state index contributed by atoms with van der Waals surface area (Å²) in [6.45, 7) is 4.37. The van der Waals surface area contributed by atoms with Crippen LogP contribution in [0.2, 0.25) is 0 Å². The van der Waals surface area contributed by atoms with E-state index in [0.717, 1.165) is 49.0 Å². The maximum atomic E-state index is 11.7. The molecular formula is C21H27N3O2S. The third-order valence-corrected chi connectivity index (χ3v) is 7.54. The summed E-state index contributed by atoms with van der Waals surface area (Å²) in [5, 5.41) is 1.19. The molecule has 144 valence electrons. The highest BCUT2D eigenvalue weighted by Crippen LogP contribution is 2.37. The minimum absolute atomic E-state index is 0.635. The van der Waals surface area contributed by atoms with Gasteiger partial charge in [0, 0.05) is 71.7 Å². The summed E-state index contributed by atoms with van der Waals surface area (Å²) in [6, 6.07) is 7.17. The number of ether oxygens (including phenoxy) is 1. The van der Waals surface area contributed by atoms with Gasteiger partial charge >= 0.3 is 0 Å². The molecule has 0 radical (unpaired) electrons. The lowest BCUT2D eigenvalue weighted by Crippen LogP contribution is -2.39. The van der Waals surface area contributed by atoms with Crippen LogP contribution in [0.1, 0.15) is 36.8 Å². The number of hydrogen-bond acceptors (Lipinski definition) is 5. The topological polar surface area (TPSA) is 45.7 Å². The summed E-state index contributed by atoms with van der Waals surface area (Å²) < 4.78 is 17.9. The molecule has 5 nitrogen and oxygen atoms in total. The number of fused-ring (bicyclic) bond motifs is 3. The molecule has 0 atom stereocenters. The number of hydrogen-bond donors (Lipinski definition) is 0. The third kappa shape index (κ3) is 3.50. The van der Waals surface area contributed by atoms with Crippen molar-refractivity contribution >= 4 is 21.7 Å². The van der Waals surface area contributed by atoms with Crippen molar-refractivity contribution in [2.75, 3.05) is 31.3 Å². The second-order valence-corrected chi connectivity index (χ2v) is 9.70. The summed E-state index contributed by atoms with van der Waals surface area (Å²) in [7, 11) is -0.635. The van der Waals surface area contributed by atoms with Gasteiger partial charge < -0.3 is 4.74 Å². The van der Waals surface area contributed by atoms with Crippen LogP contribution in [0.15, 0.2) is 24.4 Å². The van der Waals surface area contributed by atoms with Crippen LogP contribution in [0.3, 0.4) is 0 Å². The van der Waals surface area contributed by atoms with Crippen molar-refractivity contribution in [3.8, 4) is 5.75 Å². The molecule has 1 aliphatic carbocycles. The van der Waals surface area contributed by atoms with E-state index in [-0.39, 0.29) is 0 Å². The lowest BCUT2D eigenvalue weighted by Gasteiger charge is -2.34. The third-order valence-electron chi connectivity index (χ3n) is 6.26. The van der Waals surface area contributed by atoms with Crippen LogP contribution >= 0.6 is 0 Å². The Labute approximate surface area is 163 Å². The van der Waals surface area contributed by atoms with Gasteiger partial charge in [0.2, 0.25) is 0 Å². The van der Waals surface area contributed by atoms with Crippen molar-refractivity contribution in [3.05, 3.63) is 35.5 Å². The first-order valence-electron chi connectivity index (χ1n) is 10.1. The van der Waals surface area contributed by atoms with Crippen molar-refractivity contribution in [3.63, 3.8) is 0 Å². The number of benzene rings is 1. The largest absolute Gasteiger partial charge is 0.475 e. The van der Waals surface area contributed by atoms with E-state index in [2.05, 4.69) is 26.9 Å². The molecular weight excluding hydrogens is 358 g/mol. The van der Waals surface area contributed by atoms with Gasteiger partial charge in [-0.25, -0.2) is 0 Å². The molecule has 2 aromatic rings. The molecule has 0 N–H and O–H groups in total. The Morgan fingerprint density at radius 1 is 1.22 bits per heavy atom. The Hall–Kier alpha value is -1.50. The van der Waals surface area contributed by atoms with Crippen LogP contribution < -0.4 is 4.74 Å². The van der Waals surface area contributed by atoms with Gasteiger partial charge in [-0.3, -0.25) is 19.0 Å². The predicted molar refractivity (Wildman–Crippen MR) is 108 cm³/mol. The van der Waals surface area contributed by atoms with Gasteiger partial charge in [-0.15, -0.1) is 0 Å².